The number of halogens is 1. The van der Waals surface area contributed by atoms with E-state index in [9.17, 15) is 4.79 Å². The molecule has 0 bridgehead atoms. The average molecular weight is 328 g/mol. The maximum Gasteiger partial charge on any atom is 0.255 e. The van der Waals surface area contributed by atoms with Crippen LogP contribution in [0.5, 0.6) is 0 Å². The van der Waals surface area contributed by atoms with Crippen molar-refractivity contribution in [1.29, 1.82) is 0 Å². The Hall–Kier alpha value is -1.00. The van der Waals surface area contributed by atoms with E-state index >= 15 is 0 Å². The molecule has 1 aromatic heterocycles. The maximum atomic E-state index is 12.7. The van der Waals surface area contributed by atoms with Crippen molar-refractivity contribution < 1.29 is 4.79 Å². The number of hydrogen-bond acceptors (Lipinski definition) is 2. The summed E-state index contributed by atoms with van der Waals surface area (Å²) >= 11 is 0. The van der Waals surface area contributed by atoms with Gasteiger partial charge in [0.1, 0.15) is 0 Å². The van der Waals surface area contributed by atoms with Crippen LogP contribution in [0.2, 0.25) is 0 Å². The fourth-order valence-electron chi connectivity index (χ4n) is 3.45. The number of aryl methyl sites for hydroxylation is 1. The van der Waals surface area contributed by atoms with Crippen molar-refractivity contribution in [2.45, 2.75) is 46.6 Å². The van der Waals surface area contributed by atoms with Gasteiger partial charge in [-0.05, 0) is 65.6 Å². The van der Waals surface area contributed by atoms with Crippen LogP contribution in [0, 0.1) is 19.8 Å². The monoisotopic (exact) mass is 327 g/mol. The standard InChI is InChI=1S/C17H29N3O.ClH/c1-5-20-13(2)12-16(14(20)3)17(21)19-10-7-15(8-11-19)6-9-18-4;/h12,15,18H,5-11H2,1-4H3;1H. The van der Waals surface area contributed by atoms with E-state index in [0.29, 0.717) is 0 Å². The van der Waals surface area contributed by atoms with Gasteiger partial charge in [0.15, 0.2) is 0 Å². The Morgan fingerprint density at radius 1 is 1.32 bits per heavy atom. The topological polar surface area (TPSA) is 37.3 Å². The Morgan fingerprint density at radius 3 is 2.45 bits per heavy atom. The molecule has 1 aliphatic heterocycles. The molecule has 0 spiro atoms. The predicted octanol–water partition coefficient (Wildman–Crippen LogP) is 3.01. The number of aromatic nitrogens is 1. The lowest BCUT2D eigenvalue weighted by Crippen LogP contribution is -2.39. The first-order chi connectivity index (χ1) is 10.1. The van der Waals surface area contributed by atoms with E-state index in [1.54, 1.807) is 0 Å². The fourth-order valence-corrected chi connectivity index (χ4v) is 3.45. The van der Waals surface area contributed by atoms with Gasteiger partial charge in [-0.25, -0.2) is 0 Å². The second-order valence-electron chi connectivity index (χ2n) is 6.16. The van der Waals surface area contributed by atoms with Crippen molar-refractivity contribution in [3.63, 3.8) is 0 Å². The first-order valence-corrected chi connectivity index (χ1v) is 8.19. The van der Waals surface area contributed by atoms with E-state index in [4.69, 9.17) is 0 Å². The molecule has 126 valence electrons. The second-order valence-corrected chi connectivity index (χ2v) is 6.16. The summed E-state index contributed by atoms with van der Waals surface area (Å²) in [7, 11) is 2.00. The molecule has 0 atom stereocenters. The van der Waals surface area contributed by atoms with E-state index in [1.807, 2.05) is 18.0 Å². The average Bonchev–Trinajstić information content (AvgIpc) is 2.79. The van der Waals surface area contributed by atoms with Gasteiger partial charge in [-0.3, -0.25) is 4.79 Å². The molecular formula is C17H30ClN3O. The molecule has 0 unspecified atom stereocenters. The van der Waals surface area contributed by atoms with Crippen molar-refractivity contribution in [1.82, 2.24) is 14.8 Å². The fraction of sp³-hybridized carbons (Fsp3) is 0.706. The predicted molar refractivity (Wildman–Crippen MR) is 94.0 cm³/mol. The van der Waals surface area contributed by atoms with Crippen LogP contribution < -0.4 is 5.32 Å². The summed E-state index contributed by atoms with van der Waals surface area (Å²) in [5, 5.41) is 3.21. The highest BCUT2D eigenvalue weighted by atomic mass is 35.5. The minimum absolute atomic E-state index is 0. The molecule has 1 N–H and O–H groups in total. The highest BCUT2D eigenvalue weighted by Crippen LogP contribution is 2.23. The lowest BCUT2D eigenvalue weighted by Gasteiger charge is -2.32. The van der Waals surface area contributed by atoms with Crippen molar-refractivity contribution in [3.05, 3.63) is 23.0 Å². The minimum atomic E-state index is 0. The number of hydrogen-bond donors (Lipinski definition) is 1. The molecule has 22 heavy (non-hydrogen) atoms. The lowest BCUT2D eigenvalue weighted by atomic mass is 9.93. The van der Waals surface area contributed by atoms with Crippen LogP contribution in [-0.2, 0) is 6.54 Å². The molecule has 1 aliphatic rings. The summed E-state index contributed by atoms with van der Waals surface area (Å²) in [4.78, 5) is 14.8. The quantitative estimate of drug-likeness (QED) is 0.902. The zero-order valence-corrected chi connectivity index (χ0v) is 15.1. The summed E-state index contributed by atoms with van der Waals surface area (Å²) in [6.45, 7) is 10.1. The molecule has 2 rings (SSSR count). The number of rotatable bonds is 5. The number of nitrogens with zero attached hydrogens (tertiary/aromatic N) is 2. The van der Waals surface area contributed by atoms with Gasteiger partial charge in [0, 0.05) is 31.0 Å². The molecule has 1 saturated heterocycles. The largest absolute Gasteiger partial charge is 0.349 e. The molecule has 0 aromatic carbocycles. The number of amides is 1. The van der Waals surface area contributed by atoms with E-state index in [0.717, 1.165) is 56.2 Å². The smallest absolute Gasteiger partial charge is 0.255 e. The zero-order chi connectivity index (χ0) is 15.4. The molecular weight excluding hydrogens is 298 g/mol. The molecule has 1 aromatic rings. The third-order valence-electron chi connectivity index (χ3n) is 4.82. The SMILES string of the molecule is CCn1c(C)cc(C(=O)N2CCC(CCNC)CC2)c1C.Cl. The van der Waals surface area contributed by atoms with Crippen LogP contribution in [0.4, 0.5) is 0 Å². The maximum absolute atomic E-state index is 12.7. The summed E-state index contributed by atoms with van der Waals surface area (Å²) < 4.78 is 2.22. The van der Waals surface area contributed by atoms with Gasteiger partial charge >= 0.3 is 0 Å². The Balaban J connectivity index is 0.00000242. The first kappa shape index (κ1) is 19.0. The van der Waals surface area contributed by atoms with E-state index < -0.39 is 0 Å². The van der Waals surface area contributed by atoms with Crippen LogP contribution in [0.15, 0.2) is 6.07 Å². The van der Waals surface area contributed by atoms with Gasteiger partial charge in [0.2, 0.25) is 0 Å². The highest BCUT2D eigenvalue weighted by Gasteiger charge is 2.25. The molecule has 5 heteroatoms. The Labute approximate surface area is 140 Å². The number of nitrogens with one attached hydrogen (secondary N) is 1. The molecule has 0 aliphatic carbocycles. The van der Waals surface area contributed by atoms with E-state index in [-0.39, 0.29) is 18.3 Å². The molecule has 1 fully saturated rings. The second kappa shape index (κ2) is 8.59. The van der Waals surface area contributed by atoms with Gasteiger partial charge in [0.25, 0.3) is 5.91 Å². The summed E-state index contributed by atoms with van der Waals surface area (Å²) in [6, 6.07) is 2.05. The van der Waals surface area contributed by atoms with Crippen molar-refractivity contribution in [3.8, 4) is 0 Å². The van der Waals surface area contributed by atoms with Crippen LogP contribution in [0.25, 0.3) is 0 Å². The minimum Gasteiger partial charge on any atom is -0.349 e. The number of piperidine rings is 1. The summed E-state index contributed by atoms with van der Waals surface area (Å²) in [5.74, 6) is 0.986. The van der Waals surface area contributed by atoms with Gasteiger partial charge in [-0.1, -0.05) is 0 Å². The Bertz CT molecular complexity index is 490. The zero-order valence-electron chi connectivity index (χ0n) is 14.3. The molecule has 0 saturated carbocycles. The number of carbonyl (C=O) groups excluding carboxylic acids is 1. The van der Waals surface area contributed by atoms with E-state index in [2.05, 4.69) is 30.7 Å². The Kier molecular flexibility index (Phi) is 7.43. The van der Waals surface area contributed by atoms with E-state index in [1.165, 1.54) is 12.1 Å². The number of likely N-dealkylation sites (tertiary alicyclic amines) is 1. The lowest BCUT2D eigenvalue weighted by molar-refractivity contribution is 0.0686. The molecule has 4 nitrogen and oxygen atoms in total. The van der Waals surface area contributed by atoms with Crippen LogP contribution in [0.1, 0.15) is 47.9 Å². The van der Waals surface area contributed by atoms with Crippen LogP contribution in [-0.4, -0.2) is 42.1 Å². The van der Waals surface area contributed by atoms with Crippen molar-refractivity contribution in [2.75, 3.05) is 26.7 Å². The van der Waals surface area contributed by atoms with Crippen molar-refractivity contribution >= 4 is 18.3 Å². The Morgan fingerprint density at radius 2 is 1.95 bits per heavy atom. The van der Waals surface area contributed by atoms with Gasteiger partial charge in [0.05, 0.1) is 5.56 Å². The molecule has 2 heterocycles. The number of carbonyl (C=O) groups is 1. The van der Waals surface area contributed by atoms with Gasteiger partial charge < -0.3 is 14.8 Å². The third-order valence-corrected chi connectivity index (χ3v) is 4.82. The normalized spacial score (nSPS) is 15.7. The van der Waals surface area contributed by atoms with Gasteiger partial charge in [-0.2, -0.15) is 0 Å². The van der Waals surface area contributed by atoms with Crippen LogP contribution >= 0.6 is 12.4 Å². The van der Waals surface area contributed by atoms with Crippen LogP contribution in [0.3, 0.4) is 0 Å². The third kappa shape index (κ3) is 4.05. The first-order valence-electron chi connectivity index (χ1n) is 8.19. The van der Waals surface area contributed by atoms with Crippen molar-refractivity contribution in [2.24, 2.45) is 5.92 Å². The summed E-state index contributed by atoms with van der Waals surface area (Å²) in [5.41, 5.74) is 3.18. The molecule has 0 radical (unpaired) electrons. The molecule has 1 amide bonds. The summed E-state index contributed by atoms with van der Waals surface area (Å²) in [6.07, 6.45) is 3.50. The highest BCUT2D eigenvalue weighted by molar-refractivity contribution is 5.95. The van der Waals surface area contributed by atoms with Gasteiger partial charge in [-0.15, -0.1) is 12.4 Å².